The Kier molecular flexibility index (Phi) is 6.36. The van der Waals surface area contributed by atoms with Crippen LogP contribution in [0.15, 0.2) is 12.1 Å². The summed E-state index contributed by atoms with van der Waals surface area (Å²) in [5.41, 5.74) is 0.000981. The van der Waals surface area contributed by atoms with Crippen LogP contribution in [0.1, 0.15) is 20.8 Å². The number of likely N-dealkylation sites (N-methyl/N-ethyl adjacent to an activating group) is 1. The molecule has 7 heteroatoms. The number of aromatic nitrogens is 1. The standard InChI is InChI=1S/C14H25N5O2/c1-6-15-13-8-7-12(19(20)21)14(17-13)16-11(10(2)3)9-18(4)5/h7-8,10-11H,6,9H2,1-5H3,(H2,15,16,17). The van der Waals surface area contributed by atoms with Gasteiger partial charge in [0.25, 0.3) is 0 Å². The Labute approximate surface area is 125 Å². The number of pyridine rings is 1. The van der Waals surface area contributed by atoms with Crippen LogP contribution in [0.5, 0.6) is 0 Å². The number of hydrogen-bond acceptors (Lipinski definition) is 6. The van der Waals surface area contributed by atoms with Crippen LogP contribution in [-0.2, 0) is 0 Å². The zero-order valence-electron chi connectivity index (χ0n) is 13.4. The number of rotatable bonds is 8. The van der Waals surface area contributed by atoms with Gasteiger partial charge in [-0.05, 0) is 33.0 Å². The molecule has 0 bridgehead atoms. The van der Waals surface area contributed by atoms with Crippen LogP contribution in [0.25, 0.3) is 0 Å². The maximum Gasteiger partial charge on any atom is 0.311 e. The summed E-state index contributed by atoms with van der Waals surface area (Å²) in [5, 5.41) is 17.5. The SMILES string of the molecule is CCNc1ccc([N+](=O)[O-])c(NC(CN(C)C)C(C)C)n1. The molecule has 118 valence electrons. The van der Waals surface area contributed by atoms with Crippen LogP contribution < -0.4 is 10.6 Å². The molecule has 0 aliphatic carbocycles. The molecule has 1 aromatic rings. The normalized spacial score (nSPS) is 12.5. The van der Waals surface area contributed by atoms with Gasteiger partial charge >= 0.3 is 5.69 Å². The molecule has 0 spiro atoms. The number of hydrogen-bond donors (Lipinski definition) is 2. The summed E-state index contributed by atoms with van der Waals surface area (Å²) in [7, 11) is 3.96. The highest BCUT2D eigenvalue weighted by Crippen LogP contribution is 2.25. The predicted octanol–water partition coefficient (Wildman–Crippen LogP) is 2.42. The van der Waals surface area contributed by atoms with E-state index in [0.717, 1.165) is 13.1 Å². The molecule has 0 aliphatic rings. The third-order valence-corrected chi connectivity index (χ3v) is 3.12. The number of nitrogens with one attached hydrogen (secondary N) is 2. The Bertz CT molecular complexity index is 476. The zero-order chi connectivity index (χ0) is 16.0. The van der Waals surface area contributed by atoms with Gasteiger partial charge < -0.3 is 15.5 Å². The van der Waals surface area contributed by atoms with Crippen molar-refractivity contribution in [2.45, 2.75) is 26.8 Å². The molecular weight excluding hydrogens is 270 g/mol. The van der Waals surface area contributed by atoms with E-state index >= 15 is 0 Å². The van der Waals surface area contributed by atoms with Crippen molar-refractivity contribution in [1.29, 1.82) is 0 Å². The Morgan fingerprint density at radius 2 is 2.05 bits per heavy atom. The molecule has 21 heavy (non-hydrogen) atoms. The van der Waals surface area contributed by atoms with Crippen molar-refractivity contribution in [3.63, 3.8) is 0 Å². The van der Waals surface area contributed by atoms with E-state index in [1.54, 1.807) is 6.07 Å². The monoisotopic (exact) mass is 295 g/mol. The topological polar surface area (TPSA) is 83.3 Å². The minimum Gasteiger partial charge on any atom is -0.370 e. The molecule has 1 aromatic heterocycles. The van der Waals surface area contributed by atoms with Gasteiger partial charge in [-0.1, -0.05) is 13.8 Å². The fourth-order valence-electron chi connectivity index (χ4n) is 1.98. The summed E-state index contributed by atoms with van der Waals surface area (Å²) in [6.45, 7) is 7.62. The van der Waals surface area contributed by atoms with Crippen LogP contribution >= 0.6 is 0 Å². The average molecular weight is 295 g/mol. The molecule has 7 nitrogen and oxygen atoms in total. The minimum atomic E-state index is -0.405. The first-order chi connectivity index (χ1) is 9.85. The van der Waals surface area contributed by atoms with Crippen LogP contribution in [-0.4, -0.2) is 48.0 Å². The summed E-state index contributed by atoms with van der Waals surface area (Å²) in [6, 6.07) is 3.20. The third kappa shape index (κ3) is 5.18. The molecule has 2 N–H and O–H groups in total. The second-order valence-corrected chi connectivity index (χ2v) is 5.61. The lowest BCUT2D eigenvalue weighted by Crippen LogP contribution is -2.36. The smallest absolute Gasteiger partial charge is 0.311 e. The van der Waals surface area contributed by atoms with Gasteiger partial charge in [-0.25, -0.2) is 4.98 Å². The fourth-order valence-corrected chi connectivity index (χ4v) is 1.98. The molecule has 0 aromatic carbocycles. The maximum atomic E-state index is 11.2. The Morgan fingerprint density at radius 3 is 2.52 bits per heavy atom. The average Bonchev–Trinajstić information content (AvgIpc) is 2.37. The molecule has 0 saturated heterocycles. The first-order valence-corrected chi connectivity index (χ1v) is 7.15. The lowest BCUT2D eigenvalue weighted by atomic mass is 10.0. The van der Waals surface area contributed by atoms with Crippen LogP contribution in [0.3, 0.4) is 0 Å². The second-order valence-electron chi connectivity index (χ2n) is 5.61. The highest BCUT2D eigenvalue weighted by molar-refractivity contribution is 5.60. The molecule has 0 saturated carbocycles. The van der Waals surface area contributed by atoms with Crippen molar-refractivity contribution in [2.75, 3.05) is 37.8 Å². The lowest BCUT2D eigenvalue weighted by Gasteiger charge is -2.26. The van der Waals surface area contributed by atoms with E-state index in [4.69, 9.17) is 0 Å². The van der Waals surface area contributed by atoms with Crippen LogP contribution in [0.4, 0.5) is 17.3 Å². The van der Waals surface area contributed by atoms with Gasteiger partial charge in [-0.15, -0.1) is 0 Å². The van der Waals surface area contributed by atoms with E-state index in [-0.39, 0.29) is 11.7 Å². The van der Waals surface area contributed by atoms with Gasteiger partial charge in [0, 0.05) is 25.2 Å². The fraction of sp³-hybridized carbons (Fsp3) is 0.643. The van der Waals surface area contributed by atoms with Crippen molar-refractivity contribution in [3.8, 4) is 0 Å². The van der Waals surface area contributed by atoms with Gasteiger partial charge in [0.2, 0.25) is 5.82 Å². The minimum absolute atomic E-state index is 0.000981. The Hall–Kier alpha value is -1.89. The van der Waals surface area contributed by atoms with E-state index in [1.807, 2.05) is 21.0 Å². The van der Waals surface area contributed by atoms with Crippen molar-refractivity contribution in [2.24, 2.45) is 5.92 Å². The molecule has 1 rings (SSSR count). The molecule has 0 amide bonds. The van der Waals surface area contributed by atoms with Gasteiger partial charge in [-0.2, -0.15) is 0 Å². The van der Waals surface area contributed by atoms with Crippen LogP contribution in [0, 0.1) is 16.0 Å². The van der Waals surface area contributed by atoms with Crippen LogP contribution in [0.2, 0.25) is 0 Å². The first kappa shape index (κ1) is 17.2. The third-order valence-electron chi connectivity index (χ3n) is 3.12. The van der Waals surface area contributed by atoms with E-state index < -0.39 is 4.92 Å². The Morgan fingerprint density at radius 1 is 1.38 bits per heavy atom. The highest BCUT2D eigenvalue weighted by atomic mass is 16.6. The van der Waals surface area contributed by atoms with Gasteiger partial charge in [0.1, 0.15) is 5.82 Å². The van der Waals surface area contributed by atoms with Gasteiger partial charge in [0.05, 0.1) is 4.92 Å². The number of nitro groups is 1. The van der Waals surface area contributed by atoms with E-state index in [2.05, 4.69) is 34.4 Å². The second kappa shape index (κ2) is 7.78. The van der Waals surface area contributed by atoms with Crippen molar-refractivity contribution in [1.82, 2.24) is 9.88 Å². The number of nitrogens with zero attached hydrogens (tertiary/aromatic N) is 3. The first-order valence-electron chi connectivity index (χ1n) is 7.15. The summed E-state index contributed by atoms with van der Waals surface area (Å²) >= 11 is 0. The number of anilines is 2. The molecule has 1 heterocycles. The molecular formula is C14H25N5O2. The maximum absolute atomic E-state index is 11.2. The van der Waals surface area contributed by atoms with Crippen molar-refractivity contribution in [3.05, 3.63) is 22.2 Å². The zero-order valence-corrected chi connectivity index (χ0v) is 13.4. The van der Waals surface area contributed by atoms with E-state index in [0.29, 0.717) is 17.6 Å². The quantitative estimate of drug-likeness (QED) is 0.566. The lowest BCUT2D eigenvalue weighted by molar-refractivity contribution is -0.384. The van der Waals surface area contributed by atoms with Gasteiger partial charge in [-0.3, -0.25) is 10.1 Å². The molecule has 0 fully saturated rings. The summed E-state index contributed by atoms with van der Waals surface area (Å²) in [5.74, 6) is 1.29. The predicted molar refractivity (Wildman–Crippen MR) is 85.9 cm³/mol. The highest BCUT2D eigenvalue weighted by Gasteiger charge is 2.21. The van der Waals surface area contributed by atoms with Crippen molar-refractivity contribution < 1.29 is 4.92 Å². The summed E-state index contributed by atoms with van der Waals surface area (Å²) < 4.78 is 0. The molecule has 0 radical (unpaired) electrons. The molecule has 0 aliphatic heterocycles. The molecule has 1 atom stereocenters. The van der Waals surface area contributed by atoms with Gasteiger partial charge in [0.15, 0.2) is 0 Å². The van der Waals surface area contributed by atoms with E-state index in [1.165, 1.54) is 6.07 Å². The largest absolute Gasteiger partial charge is 0.370 e. The van der Waals surface area contributed by atoms with E-state index in [9.17, 15) is 10.1 Å². The Balaban J connectivity index is 3.06. The van der Waals surface area contributed by atoms with Crippen molar-refractivity contribution >= 4 is 17.3 Å². The summed E-state index contributed by atoms with van der Waals surface area (Å²) in [4.78, 5) is 17.1. The summed E-state index contributed by atoms with van der Waals surface area (Å²) in [6.07, 6.45) is 0. The molecule has 1 unspecified atom stereocenters.